The SMILES string of the molecule is CN(C)C(=O)CN(C)c1cnn(-c2ccc(C(=O)O)cc2)c(=O)c1Cl. The molecule has 0 aliphatic heterocycles. The van der Waals surface area contributed by atoms with Gasteiger partial charge in [-0.25, -0.2) is 4.79 Å². The predicted octanol–water partition coefficient (Wildman–Crippen LogP) is 1.11. The molecule has 0 radical (unpaired) electrons. The van der Waals surface area contributed by atoms with Crippen molar-refractivity contribution in [2.24, 2.45) is 0 Å². The lowest BCUT2D eigenvalue weighted by Crippen LogP contribution is -2.35. The molecule has 1 amide bonds. The second-order valence-electron chi connectivity index (χ2n) is 5.56. The Kier molecular flexibility index (Phi) is 5.43. The van der Waals surface area contributed by atoms with Gasteiger partial charge in [-0.05, 0) is 24.3 Å². The molecule has 8 nitrogen and oxygen atoms in total. The van der Waals surface area contributed by atoms with Gasteiger partial charge in [0.1, 0.15) is 5.02 Å². The minimum atomic E-state index is -1.06. The lowest BCUT2D eigenvalue weighted by atomic mass is 10.2. The third-order valence-corrected chi connectivity index (χ3v) is 3.90. The van der Waals surface area contributed by atoms with Gasteiger partial charge < -0.3 is 14.9 Å². The van der Waals surface area contributed by atoms with E-state index in [0.717, 1.165) is 4.68 Å². The third-order valence-electron chi connectivity index (χ3n) is 3.54. The van der Waals surface area contributed by atoms with E-state index >= 15 is 0 Å². The maximum atomic E-state index is 12.5. The standard InChI is InChI=1S/C16H17ClN4O4/c1-19(2)13(22)9-20(3)12-8-18-21(15(23)14(12)17)11-6-4-10(5-7-11)16(24)25/h4-8H,9H2,1-3H3,(H,24,25). The number of hydrogen-bond donors (Lipinski definition) is 1. The fraction of sp³-hybridized carbons (Fsp3) is 0.250. The van der Waals surface area contributed by atoms with Crippen molar-refractivity contribution in [1.82, 2.24) is 14.7 Å². The number of nitrogens with zero attached hydrogens (tertiary/aromatic N) is 4. The molecular weight excluding hydrogens is 348 g/mol. The smallest absolute Gasteiger partial charge is 0.335 e. The summed E-state index contributed by atoms with van der Waals surface area (Å²) in [5.41, 5.74) is 0.253. The molecule has 1 N–H and O–H groups in total. The average molecular weight is 365 g/mol. The van der Waals surface area contributed by atoms with Crippen molar-refractivity contribution in [2.75, 3.05) is 32.6 Å². The van der Waals surface area contributed by atoms with Crippen LogP contribution in [0.25, 0.3) is 5.69 Å². The first-order valence-corrected chi connectivity index (χ1v) is 7.63. The van der Waals surface area contributed by atoms with Crippen LogP contribution in [0.3, 0.4) is 0 Å². The van der Waals surface area contributed by atoms with Crippen LogP contribution < -0.4 is 10.5 Å². The second kappa shape index (κ2) is 7.35. The van der Waals surface area contributed by atoms with Crippen molar-refractivity contribution < 1.29 is 14.7 Å². The molecule has 0 aliphatic rings. The van der Waals surface area contributed by atoms with Crippen molar-refractivity contribution >= 4 is 29.2 Å². The Labute approximate surface area is 148 Å². The van der Waals surface area contributed by atoms with Gasteiger partial charge in [0.15, 0.2) is 0 Å². The Morgan fingerprint density at radius 3 is 2.32 bits per heavy atom. The average Bonchev–Trinajstić information content (AvgIpc) is 2.57. The number of aromatic nitrogens is 2. The number of anilines is 1. The fourth-order valence-electron chi connectivity index (χ4n) is 2.05. The summed E-state index contributed by atoms with van der Waals surface area (Å²) in [4.78, 5) is 38.1. The molecule has 0 saturated heterocycles. The van der Waals surface area contributed by atoms with Crippen LogP contribution in [0.4, 0.5) is 5.69 Å². The van der Waals surface area contributed by atoms with Crippen LogP contribution in [0.2, 0.25) is 5.02 Å². The number of carbonyl (C=O) groups excluding carboxylic acids is 1. The normalized spacial score (nSPS) is 10.4. The van der Waals surface area contributed by atoms with Crippen LogP contribution in [-0.4, -0.2) is 59.4 Å². The Hall–Kier alpha value is -2.87. The molecule has 0 aliphatic carbocycles. The highest BCUT2D eigenvalue weighted by Crippen LogP contribution is 2.20. The number of carbonyl (C=O) groups is 2. The summed E-state index contributed by atoms with van der Waals surface area (Å²) in [5.74, 6) is -1.21. The Bertz CT molecular complexity index is 861. The van der Waals surface area contributed by atoms with Crippen molar-refractivity contribution in [1.29, 1.82) is 0 Å². The Balaban J connectivity index is 2.35. The van der Waals surface area contributed by atoms with E-state index < -0.39 is 11.5 Å². The van der Waals surface area contributed by atoms with Gasteiger partial charge in [-0.2, -0.15) is 9.78 Å². The summed E-state index contributed by atoms with van der Waals surface area (Å²) in [7, 11) is 4.90. The zero-order chi connectivity index (χ0) is 18.7. The molecule has 132 valence electrons. The monoisotopic (exact) mass is 364 g/mol. The number of halogens is 1. The molecule has 0 unspecified atom stereocenters. The molecule has 0 saturated carbocycles. The summed E-state index contributed by atoms with van der Waals surface area (Å²) in [6.45, 7) is 0.0468. The molecule has 0 bridgehead atoms. The van der Waals surface area contributed by atoms with Gasteiger partial charge in [-0.15, -0.1) is 0 Å². The van der Waals surface area contributed by atoms with Crippen LogP contribution in [-0.2, 0) is 4.79 Å². The molecule has 0 atom stereocenters. The van der Waals surface area contributed by atoms with Crippen molar-refractivity contribution in [2.45, 2.75) is 0 Å². The van der Waals surface area contributed by atoms with E-state index in [1.54, 1.807) is 21.1 Å². The van der Waals surface area contributed by atoms with Crippen LogP contribution in [0.1, 0.15) is 10.4 Å². The largest absolute Gasteiger partial charge is 0.478 e. The van der Waals surface area contributed by atoms with Crippen LogP contribution in [0, 0.1) is 0 Å². The van der Waals surface area contributed by atoms with Crippen LogP contribution >= 0.6 is 11.6 Å². The third kappa shape index (κ3) is 3.97. The first kappa shape index (κ1) is 18.5. The van der Waals surface area contributed by atoms with Gasteiger partial charge in [0.2, 0.25) is 5.91 Å². The lowest BCUT2D eigenvalue weighted by Gasteiger charge is -2.21. The highest BCUT2D eigenvalue weighted by Gasteiger charge is 2.17. The Morgan fingerprint density at radius 1 is 1.20 bits per heavy atom. The van der Waals surface area contributed by atoms with Gasteiger partial charge in [0, 0.05) is 21.1 Å². The predicted molar refractivity (Wildman–Crippen MR) is 93.8 cm³/mol. The second-order valence-corrected chi connectivity index (χ2v) is 5.93. The van der Waals surface area contributed by atoms with Crippen molar-refractivity contribution in [3.05, 3.63) is 51.4 Å². The number of carboxylic acid groups (broad SMARTS) is 1. The van der Waals surface area contributed by atoms with E-state index in [4.69, 9.17) is 16.7 Å². The minimum Gasteiger partial charge on any atom is -0.478 e. The van der Waals surface area contributed by atoms with Crippen LogP contribution in [0.5, 0.6) is 0 Å². The van der Waals surface area contributed by atoms with E-state index in [-0.39, 0.29) is 23.0 Å². The molecule has 0 fully saturated rings. The molecule has 1 heterocycles. The maximum absolute atomic E-state index is 12.5. The number of rotatable bonds is 5. The summed E-state index contributed by atoms with van der Waals surface area (Å²) in [5, 5.41) is 12.9. The van der Waals surface area contributed by atoms with E-state index in [0.29, 0.717) is 11.4 Å². The molecule has 1 aromatic heterocycles. The number of benzene rings is 1. The summed E-state index contributed by atoms with van der Waals surface area (Å²) < 4.78 is 1.07. The van der Waals surface area contributed by atoms with Gasteiger partial charge >= 0.3 is 5.97 Å². The number of amides is 1. The van der Waals surface area contributed by atoms with Gasteiger partial charge in [0.05, 0.1) is 29.7 Å². The fourth-order valence-corrected chi connectivity index (χ4v) is 2.32. The zero-order valence-electron chi connectivity index (χ0n) is 13.9. The molecule has 25 heavy (non-hydrogen) atoms. The summed E-state index contributed by atoms with van der Waals surface area (Å²) in [6.07, 6.45) is 1.39. The Morgan fingerprint density at radius 2 is 1.80 bits per heavy atom. The lowest BCUT2D eigenvalue weighted by molar-refractivity contribution is -0.127. The molecule has 1 aromatic carbocycles. The molecule has 2 aromatic rings. The quantitative estimate of drug-likeness (QED) is 0.853. The molecular formula is C16H17ClN4O4. The first-order valence-electron chi connectivity index (χ1n) is 7.25. The minimum absolute atomic E-state index is 0.0468. The maximum Gasteiger partial charge on any atom is 0.335 e. The van der Waals surface area contributed by atoms with E-state index in [9.17, 15) is 14.4 Å². The van der Waals surface area contributed by atoms with Crippen molar-refractivity contribution in [3.63, 3.8) is 0 Å². The van der Waals surface area contributed by atoms with Gasteiger partial charge in [-0.1, -0.05) is 11.6 Å². The van der Waals surface area contributed by atoms with Crippen LogP contribution in [0.15, 0.2) is 35.3 Å². The summed E-state index contributed by atoms with van der Waals surface area (Å²) in [6, 6.07) is 5.67. The van der Waals surface area contributed by atoms with E-state index in [1.165, 1.54) is 40.3 Å². The number of carboxylic acids is 1. The molecule has 0 spiro atoms. The highest BCUT2D eigenvalue weighted by atomic mass is 35.5. The van der Waals surface area contributed by atoms with E-state index in [2.05, 4.69) is 5.10 Å². The van der Waals surface area contributed by atoms with E-state index in [1.807, 2.05) is 0 Å². The first-order chi connectivity index (χ1) is 11.7. The van der Waals surface area contributed by atoms with Gasteiger partial charge in [0.25, 0.3) is 5.56 Å². The summed E-state index contributed by atoms with van der Waals surface area (Å²) >= 11 is 6.15. The number of hydrogen-bond acceptors (Lipinski definition) is 5. The number of aromatic carboxylic acids is 1. The topological polar surface area (TPSA) is 95.7 Å². The number of likely N-dealkylation sites (N-methyl/N-ethyl adjacent to an activating group) is 2. The zero-order valence-corrected chi connectivity index (χ0v) is 14.7. The highest BCUT2D eigenvalue weighted by molar-refractivity contribution is 6.33. The van der Waals surface area contributed by atoms with Crippen molar-refractivity contribution in [3.8, 4) is 5.69 Å². The molecule has 2 rings (SSSR count). The van der Waals surface area contributed by atoms with Gasteiger partial charge in [-0.3, -0.25) is 9.59 Å². The molecule has 9 heteroatoms.